The molecule has 2 rings (SSSR count). The van der Waals surface area contributed by atoms with Crippen molar-refractivity contribution in [1.82, 2.24) is 4.90 Å². The monoisotopic (exact) mass is 197 g/mol. The predicted molar refractivity (Wildman–Crippen MR) is 54.0 cm³/mol. The van der Waals surface area contributed by atoms with Crippen LogP contribution < -0.4 is 0 Å². The number of likely N-dealkylation sites (tertiary alicyclic amines) is 1. The number of aliphatic hydroxyl groups excluding tert-OH is 1. The Balaban J connectivity index is 1.86. The number of nitrogens with zero attached hydrogens (tertiary/aromatic N) is 1. The molecule has 2 aliphatic rings. The first kappa shape index (κ1) is 10.1. The van der Waals surface area contributed by atoms with Gasteiger partial charge in [-0.15, -0.1) is 0 Å². The van der Waals surface area contributed by atoms with Crippen molar-refractivity contribution < 1.29 is 9.90 Å². The van der Waals surface area contributed by atoms with Crippen LogP contribution in [0.5, 0.6) is 0 Å². The second kappa shape index (κ2) is 4.41. The molecule has 1 heterocycles. The summed E-state index contributed by atoms with van der Waals surface area (Å²) >= 11 is 0. The van der Waals surface area contributed by atoms with Gasteiger partial charge in [0.1, 0.15) is 5.78 Å². The fourth-order valence-corrected chi connectivity index (χ4v) is 2.66. The van der Waals surface area contributed by atoms with Crippen LogP contribution in [0.2, 0.25) is 0 Å². The standard InChI is InChI=1S/C11H19NO2/c13-8-9-4-5-12(7-9)10-2-1-3-11(14)6-10/h9-10,13H,1-8H2. The molecule has 0 aromatic heterocycles. The van der Waals surface area contributed by atoms with Gasteiger partial charge in [0.25, 0.3) is 0 Å². The van der Waals surface area contributed by atoms with Crippen LogP contribution in [0.25, 0.3) is 0 Å². The number of carbonyl (C=O) groups excluding carboxylic acids is 1. The molecule has 1 saturated heterocycles. The van der Waals surface area contributed by atoms with Gasteiger partial charge in [-0.3, -0.25) is 9.69 Å². The van der Waals surface area contributed by atoms with E-state index in [0.717, 1.165) is 38.8 Å². The first-order chi connectivity index (χ1) is 6.79. The molecule has 3 nitrogen and oxygen atoms in total. The summed E-state index contributed by atoms with van der Waals surface area (Å²) in [7, 11) is 0. The van der Waals surface area contributed by atoms with Gasteiger partial charge >= 0.3 is 0 Å². The van der Waals surface area contributed by atoms with E-state index < -0.39 is 0 Å². The zero-order valence-electron chi connectivity index (χ0n) is 8.61. The van der Waals surface area contributed by atoms with Crippen molar-refractivity contribution in [2.75, 3.05) is 19.7 Å². The summed E-state index contributed by atoms with van der Waals surface area (Å²) < 4.78 is 0. The Labute approximate surface area is 85.1 Å². The molecule has 14 heavy (non-hydrogen) atoms. The summed E-state index contributed by atoms with van der Waals surface area (Å²) in [6.45, 7) is 2.37. The molecule has 0 radical (unpaired) electrons. The SMILES string of the molecule is O=C1CCCC(N2CCC(CO)C2)C1. The van der Waals surface area contributed by atoms with Crippen LogP contribution in [0.4, 0.5) is 0 Å². The maximum absolute atomic E-state index is 11.3. The van der Waals surface area contributed by atoms with Crippen LogP contribution in [0.15, 0.2) is 0 Å². The summed E-state index contributed by atoms with van der Waals surface area (Å²) in [5.41, 5.74) is 0. The molecule has 80 valence electrons. The maximum Gasteiger partial charge on any atom is 0.134 e. The molecular formula is C11H19NO2. The van der Waals surface area contributed by atoms with Crippen molar-refractivity contribution in [2.45, 2.75) is 38.1 Å². The average molecular weight is 197 g/mol. The Hall–Kier alpha value is -0.410. The molecule has 1 aliphatic carbocycles. The summed E-state index contributed by atoms with van der Waals surface area (Å²) in [6.07, 6.45) is 4.86. The minimum Gasteiger partial charge on any atom is -0.396 e. The average Bonchev–Trinajstić information content (AvgIpc) is 2.66. The van der Waals surface area contributed by atoms with E-state index in [1.54, 1.807) is 0 Å². The van der Waals surface area contributed by atoms with Crippen molar-refractivity contribution in [1.29, 1.82) is 0 Å². The number of rotatable bonds is 2. The fraction of sp³-hybridized carbons (Fsp3) is 0.909. The summed E-state index contributed by atoms with van der Waals surface area (Å²) in [6, 6.07) is 0.479. The van der Waals surface area contributed by atoms with E-state index >= 15 is 0 Å². The van der Waals surface area contributed by atoms with Crippen LogP contribution in [0.1, 0.15) is 32.1 Å². The van der Waals surface area contributed by atoms with Crippen LogP contribution >= 0.6 is 0 Å². The largest absolute Gasteiger partial charge is 0.396 e. The molecule has 0 amide bonds. The smallest absolute Gasteiger partial charge is 0.134 e. The lowest BCUT2D eigenvalue weighted by Crippen LogP contribution is -2.37. The van der Waals surface area contributed by atoms with Crippen molar-refractivity contribution in [3.05, 3.63) is 0 Å². The highest BCUT2D eigenvalue weighted by molar-refractivity contribution is 5.79. The Bertz CT molecular complexity index is 217. The molecule has 0 aromatic carbocycles. The lowest BCUT2D eigenvalue weighted by molar-refractivity contribution is -0.121. The van der Waals surface area contributed by atoms with Gasteiger partial charge in [0.05, 0.1) is 0 Å². The Kier molecular flexibility index (Phi) is 3.19. The topological polar surface area (TPSA) is 40.5 Å². The van der Waals surface area contributed by atoms with E-state index in [-0.39, 0.29) is 0 Å². The number of aliphatic hydroxyl groups is 1. The third-order valence-corrected chi connectivity index (χ3v) is 3.55. The second-order valence-electron chi connectivity index (χ2n) is 4.62. The molecule has 1 N–H and O–H groups in total. The zero-order valence-corrected chi connectivity index (χ0v) is 8.61. The molecule has 0 aromatic rings. The van der Waals surface area contributed by atoms with Gasteiger partial charge in [0.15, 0.2) is 0 Å². The van der Waals surface area contributed by atoms with Gasteiger partial charge in [0, 0.05) is 32.0 Å². The molecule has 0 spiro atoms. The van der Waals surface area contributed by atoms with Crippen molar-refractivity contribution in [2.24, 2.45) is 5.92 Å². The molecule has 2 fully saturated rings. The highest BCUT2D eigenvalue weighted by Crippen LogP contribution is 2.25. The maximum atomic E-state index is 11.3. The minimum absolute atomic E-state index is 0.303. The normalized spacial score (nSPS) is 35.1. The second-order valence-corrected chi connectivity index (χ2v) is 4.62. The van der Waals surface area contributed by atoms with E-state index in [1.807, 2.05) is 0 Å². The number of carbonyl (C=O) groups is 1. The molecule has 0 bridgehead atoms. The molecule has 1 aliphatic heterocycles. The van der Waals surface area contributed by atoms with Gasteiger partial charge in [-0.05, 0) is 31.7 Å². The predicted octanol–water partition coefficient (Wildman–Crippen LogP) is 0.812. The van der Waals surface area contributed by atoms with Crippen molar-refractivity contribution in [3.8, 4) is 0 Å². The van der Waals surface area contributed by atoms with Crippen molar-refractivity contribution in [3.63, 3.8) is 0 Å². The number of Topliss-reactive ketones (excluding diaryl/α,β-unsaturated/α-hetero) is 1. The van der Waals surface area contributed by atoms with E-state index in [9.17, 15) is 4.79 Å². The Morgan fingerprint density at radius 2 is 2.29 bits per heavy atom. The molecule has 1 saturated carbocycles. The summed E-state index contributed by atoms with van der Waals surface area (Å²) in [4.78, 5) is 13.7. The lowest BCUT2D eigenvalue weighted by atomic mass is 9.93. The van der Waals surface area contributed by atoms with Crippen molar-refractivity contribution >= 4 is 5.78 Å². The number of hydrogen-bond acceptors (Lipinski definition) is 3. The first-order valence-corrected chi connectivity index (χ1v) is 5.66. The van der Waals surface area contributed by atoms with Crippen LogP contribution in [-0.2, 0) is 4.79 Å². The number of hydrogen-bond donors (Lipinski definition) is 1. The molecule has 2 unspecified atom stereocenters. The van der Waals surface area contributed by atoms with Crippen LogP contribution in [-0.4, -0.2) is 41.5 Å². The van der Waals surface area contributed by atoms with Gasteiger partial charge in [0.2, 0.25) is 0 Å². The highest BCUT2D eigenvalue weighted by Gasteiger charge is 2.30. The van der Waals surface area contributed by atoms with Gasteiger partial charge in [-0.1, -0.05) is 0 Å². The first-order valence-electron chi connectivity index (χ1n) is 5.66. The van der Waals surface area contributed by atoms with Gasteiger partial charge in [-0.2, -0.15) is 0 Å². The number of ketones is 1. The van der Waals surface area contributed by atoms with Gasteiger partial charge in [-0.25, -0.2) is 0 Å². The molecule has 3 heteroatoms. The quantitative estimate of drug-likeness (QED) is 0.712. The van der Waals surface area contributed by atoms with Crippen LogP contribution in [0, 0.1) is 5.92 Å². The van der Waals surface area contributed by atoms with E-state index in [2.05, 4.69) is 4.90 Å². The van der Waals surface area contributed by atoms with E-state index in [4.69, 9.17) is 5.11 Å². The fourth-order valence-electron chi connectivity index (χ4n) is 2.66. The molecule has 2 atom stereocenters. The van der Waals surface area contributed by atoms with E-state index in [1.165, 1.54) is 6.42 Å². The summed E-state index contributed by atoms with van der Waals surface area (Å²) in [5, 5.41) is 9.04. The van der Waals surface area contributed by atoms with E-state index in [0.29, 0.717) is 24.3 Å². The minimum atomic E-state index is 0.303. The summed E-state index contributed by atoms with van der Waals surface area (Å²) in [5.74, 6) is 0.876. The third kappa shape index (κ3) is 2.15. The lowest BCUT2D eigenvalue weighted by Gasteiger charge is -2.30. The zero-order chi connectivity index (χ0) is 9.97. The molecular weight excluding hydrogens is 178 g/mol. The third-order valence-electron chi connectivity index (χ3n) is 3.55. The highest BCUT2D eigenvalue weighted by atomic mass is 16.3. The Morgan fingerprint density at radius 3 is 2.93 bits per heavy atom. The van der Waals surface area contributed by atoms with Crippen LogP contribution in [0.3, 0.4) is 0 Å². The Morgan fingerprint density at radius 1 is 1.43 bits per heavy atom. The van der Waals surface area contributed by atoms with Gasteiger partial charge < -0.3 is 5.11 Å².